The Labute approximate surface area is 121 Å². The first-order valence-corrected chi connectivity index (χ1v) is 6.19. The highest BCUT2D eigenvalue weighted by Crippen LogP contribution is 2.24. The molecule has 0 unspecified atom stereocenters. The molecule has 0 aliphatic rings. The van der Waals surface area contributed by atoms with Crippen molar-refractivity contribution in [2.24, 2.45) is 0 Å². The number of rotatable bonds is 2. The Morgan fingerprint density at radius 1 is 0.952 bits per heavy atom. The second kappa shape index (κ2) is 6.58. The molecule has 0 aliphatic carbocycles. The van der Waals surface area contributed by atoms with Crippen LogP contribution < -0.4 is 0 Å². The van der Waals surface area contributed by atoms with E-state index in [2.05, 4.69) is 11.8 Å². The van der Waals surface area contributed by atoms with E-state index in [-0.39, 0.29) is 11.5 Å². The molecule has 2 rings (SSSR count). The Morgan fingerprint density at radius 2 is 1.76 bits per heavy atom. The molecular weight excluding hydrogens is 274 g/mol. The highest BCUT2D eigenvalue weighted by atomic mass is 19.2. The SMILES string of the molecule is Oc1ccc(C#CC/C=C/c2ccc(F)c(F)c2)cc1O. The third-order valence-electron chi connectivity index (χ3n) is 2.68. The summed E-state index contributed by atoms with van der Waals surface area (Å²) in [5.74, 6) is 3.48. The van der Waals surface area contributed by atoms with E-state index in [4.69, 9.17) is 5.11 Å². The molecule has 0 radical (unpaired) electrons. The maximum absolute atomic E-state index is 13.0. The van der Waals surface area contributed by atoms with Gasteiger partial charge in [-0.2, -0.15) is 0 Å². The summed E-state index contributed by atoms with van der Waals surface area (Å²) in [7, 11) is 0. The Kier molecular flexibility index (Phi) is 4.57. The summed E-state index contributed by atoms with van der Waals surface area (Å²) < 4.78 is 25.7. The summed E-state index contributed by atoms with van der Waals surface area (Å²) in [6, 6.07) is 7.95. The maximum Gasteiger partial charge on any atom is 0.159 e. The summed E-state index contributed by atoms with van der Waals surface area (Å²) in [5.41, 5.74) is 1.13. The fourth-order valence-electron chi connectivity index (χ4n) is 1.62. The first-order chi connectivity index (χ1) is 10.1. The Hall–Kier alpha value is -2.80. The van der Waals surface area contributed by atoms with Gasteiger partial charge in [0.25, 0.3) is 0 Å². The van der Waals surface area contributed by atoms with Crippen LogP contribution in [0.4, 0.5) is 8.78 Å². The van der Waals surface area contributed by atoms with Crippen LogP contribution in [0.2, 0.25) is 0 Å². The van der Waals surface area contributed by atoms with Crippen LogP contribution in [-0.2, 0) is 0 Å². The van der Waals surface area contributed by atoms with Gasteiger partial charge in [-0.15, -0.1) is 0 Å². The van der Waals surface area contributed by atoms with E-state index in [0.29, 0.717) is 17.5 Å². The lowest BCUT2D eigenvalue weighted by molar-refractivity contribution is 0.403. The summed E-state index contributed by atoms with van der Waals surface area (Å²) in [5, 5.41) is 18.5. The monoisotopic (exact) mass is 286 g/mol. The number of hydrogen-bond donors (Lipinski definition) is 2. The van der Waals surface area contributed by atoms with E-state index in [9.17, 15) is 13.9 Å². The maximum atomic E-state index is 13.0. The minimum atomic E-state index is -0.886. The summed E-state index contributed by atoms with van der Waals surface area (Å²) in [6.07, 6.45) is 3.78. The molecule has 4 heteroatoms. The van der Waals surface area contributed by atoms with Crippen molar-refractivity contribution in [3.05, 3.63) is 65.2 Å². The number of halogens is 2. The smallest absolute Gasteiger partial charge is 0.159 e. The fourth-order valence-corrected chi connectivity index (χ4v) is 1.62. The van der Waals surface area contributed by atoms with Crippen molar-refractivity contribution < 1.29 is 19.0 Å². The van der Waals surface area contributed by atoms with E-state index >= 15 is 0 Å². The molecule has 0 atom stereocenters. The van der Waals surface area contributed by atoms with Crippen molar-refractivity contribution in [1.82, 2.24) is 0 Å². The Morgan fingerprint density at radius 3 is 2.48 bits per heavy atom. The first kappa shape index (κ1) is 14.6. The average molecular weight is 286 g/mol. The van der Waals surface area contributed by atoms with Gasteiger partial charge in [0.2, 0.25) is 0 Å². The van der Waals surface area contributed by atoms with Crippen LogP contribution in [-0.4, -0.2) is 10.2 Å². The molecule has 2 N–H and O–H groups in total. The number of allylic oxidation sites excluding steroid dienone is 1. The lowest BCUT2D eigenvalue weighted by Gasteiger charge is -1.96. The van der Waals surface area contributed by atoms with E-state index in [1.165, 1.54) is 18.2 Å². The molecule has 0 bridgehead atoms. The molecule has 0 heterocycles. The molecule has 0 fully saturated rings. The van der Waals surface area contributed by atoms with Gasteiger partial charge in [0.1, 0.15) is 0 Å². The summed E-state index contributed by atoms with van der Waals surface area (Å²) >= 11 is 0. The third kappa shape index (κ3) is 4.08. The van der Waals surface area contributed by atoms with Crippen molar-refractivity contribution in [3.63, 3.8) is 0 Å². The van der Waals surface area contributed by atoms with E-state index < -0.39 is 11.6 Å². The average Bonchev–Trinajstić information content (AvgIpc) is 2.46. The van der Waals surface area contributed by atoms with Gasteiger partial charge in [-0.05, 0) is 35.9 Å². The van der Waals surface area contributed by atoms with Crippen molar-refractivity contribution in [3.8, 4) is 23.3 Å². The molecule has 106 valence electrons. The molecule has 0 amide bonds. The highest BCUT2D eigenvalue weighted by Gasteiger charge is 1.99. The first-order valence-electron chi connectivity index (χ1n) is 6.19. The van der Waals surface area contributed by atoms with Crippen molar-refractivity contribution in [2.45, 2.75) is 6.42 Å². The number of phenolic OH excluding ortho intramolecular Hbond substituents is 2. The van der Waals surface area contributed by atoms with Gasteiger partial charge in [0.05, 0.1) is 0 Å². The van der Waals surface area contributed by atoms with Gasteiger partial charge >= 0.3 is 0 Å². The normalized spacial score (nSPS) is 10.4. The zero-order valence-corrected chi connectivity index (χ0v) is 11.0. The largest absolute Gasteiger partial charge is 0.504 e. The lowest BCUT2D eigenvalue weighted by atomic mass is 10.2. The topological polar surface area (TPSA) is 40.5 Å². The molecule has 0 aromatic heterocycles. The minimum Gasteiger partial charge on any atom is -0.504 e. The van der Waals surface area contributed by atoms with E-state index in [1.54, 1.807) is 18.2 Å². The van der Waals surface area contributed by atoms with Gasteiger partial charge in [-0.25, -0.2) is 8.78 Å². The van der Waals surface area contributed by atoms with Crippen LogP contribution >= 0.6 is 0 Å². The van der Waals surface area contributed by atoms with Crippen LogP contribution in [0, 0.1) is 23.5 Å². The summed E-state index contributed by atoms with van der Waals surface area (Å²) in [6.45, 7) is 0. The molecule has 21 heavy (non-hydrogen) atoms. The van der Waals surface area contributed by atoms with E-state index in [0.717, 1.165) is 12.1 Å². The van der Waals surface area contributed by atoms with E-state index in [1.807, 2.05) is 0 Å². The molecule has 0 aliphatic heterocycles. The number of aromatic hydroxyl groups is 2. The molecule has 0 spiro atoms. The van der Waals surface area contributed by atoms with Crippen LogP contribution in [0.25, 0.3) is 6.08 Å². The number of benzene rings is 2. The number of hydrogen-bond acceptors (Lipinski definition) is 2. The van der Waals surface area contributed by atoms with Crippen molar-refractivity contribution in [1.29, 1.82) is 0 Å². The molecular formula is C17H12F2O2. The van der Waals surface area contributed by atoms with Crippen LogP contribution in [0.15, 0.2) is 42.5 Å². The van der Waals surface area contributed by atoms with Crippen LogP contribution in [0.5, 0.6) is 11.5 Å². The van der Waals surface area contributed by atoms with Gasteiger partial charge in [0.15, 0.2) is 23.1 Å². The Bertz CT molecular complexity index is 740. The van der Waals surface area contributed by atoms with Gasteiger partial charge in [-0.1, -0.05) is 30.1 Å². The Balaban J connectivity index is 1.97. The predicted octanol–water partition coefficient (Wildman–Crippen LogP) is 3.83. The second-order valence-corrected chi connectivity index (χ2v) is 4.29. The summed E-state index contributed by atoms with van der Waals surface area (Å²) in [4.78, 5) is 0. The van der Waals surface area contributed by atoms with Crippen LogP contribution in [0.3, 0.4) is 0 Å². The minimum absolute atomic E-state index is 0.196. The zero-order valence-electron chi connectivity index (χ0n) is 11.0. The number of phenols is 2. The zero-order chi connectivity index (χ0) is 15.2. The molecule has 2 aromatic rings. The molecule has 2 nitrogen and oxygen atoms in total. The fraction of sp³-hybridized carbons (Fsp3) is 0.0588. The van der Waals surface area contributed by atoms with Crippen LogP contribution in [0.1, 0.15) is 17.5 Å². The van der Waals surface area contributed by atoms with Gasteiger partial charge < -0.3 is 10.2 Å². The third-order valence-corrected chi connectivity index (χ3v) is 2.68. The van der Waals surface area contributed by atoms with Gasteiger partial charge in [-0.3, -0.25) is 0 Å². The second-order valence-electron chi connectivity index (χ2n) is 4.29. The highest BCUT2D eigenvalue weighted by molar-refractivity contribution is 5.50. The lowest BCUT2D eigenvalue weighted by Crippen LogP contribution is -1.83. The predicted molar refractivity (Wildman–Crippen MR) is 76.7 cm³/mol. The van der Waals surface area contributed by atoms with Crippen molar-refractivity contribution >= 4 is 6.08 Å². The van der Waals surface area contributed by atoms with Gasteiger partial charge in [0, 0.05) is 12.0 Å². The molecule has 0 saturated carbocycles. The quantitative estimate of drug-likeness (QED) is 0.650. The molecule has 0 saturated heterocycles. The molecule has 2 aromatic carbocycles. The van der Waals surface area contributed by atoms with Crippen molar-refractivity contribution in [2.75, 3.05) is 0 Å². The standard InChI is InChI=1S/C17H12F2O2/c18-14-8-6-12(10-15(14)19)4-2-1-3-5-13-7-9-16(20)17(21)11-13/h2,4,6-11,20-21H,1H2/b4-2+.